The maximum Gasteiger partial charge on any atom is 0.324 e. The van der Waals surface area contributed by atoms with Crippen molar-refractivity contribution in [3.05, 3.63) is 75.9 Å². The number of benzene rings is 1. The summed E-state index contributed by atoms with van der Waals surface area (Å²) in [5.74, 6) is 0.844. The van der Waals surface area contributed by atoms with Crippen LogP contribution in [0.25, 0.3) is 11.3 Å². The topological polar surface area (TPSA) is 116 Å². The van der Waals surface area contributed by atoms with Crippen LogP contribution in [-0.4, -0.2) is 27.4 Å². The third-order valence-electron chi connectivity index (χ3n) is 4.27. The van der Waals surface area contributed by atoms with E-state index in [1.807, 2.05) is 31.2 Å². The molecule has 1 amide bonds. The van der Waals surface area contributed by atoms with Gasteiger partial charge in [0.15, 0.2) is 5.13 Å². The largest absolute Gasteiger partial charge is 0.494 e. The van der Waals surface area contributed by atoms with Gasteiger partial charge < -0.3 is 9.47 Å². The van der Waals surface area contributed by atoms with E-state index in [9.17, 15) is 14.9 Å². The van der Waals surface area contributed by atoms with Gasteiger partial charge in [-0.3, -0.25) is 25.2 Å². The first-order valence-corrected chi connectivity index (χ1v) is 11.5. The van der Waals surface area contributed by atoms with Crippen LogP contribution in [0.1, 0.15) is 23.0 Å². The Balaban J connectivity index is 1.61. The fraction of sp³-hybridized carbons (Fsp3) is 0.136. The summed E-state index contributed by atoms with van der Waals surface area (Å²) in [6, 6.07) is 13.6. The molecule has 0 aliphatic carbocycles. The molecular weight excluding hydrogens is 464 g/mol. The van der Waals surface area contributed by atoms with E-state index in [4.69, 9.17) is 9.47 Å². The fourth-order valence-corrected chi connectivity index (χ4v) is 4.33. The zero-order valence-electron chi connectivity index (χ0n) is 17.4. The SMILES string of the molecule is CCCOc1ccc(-c2nc(NC(=O)c3ccc([N+](=O)[O-])s3)sc2Oc2ccncc2)cc1. The molecule has 4 rings (SSSR count). The van der Waals surface area contributed by atoms with E-state index in [0.29, 0.717) is 28.2 Å². The van der Waals surface area contributed by atoms with Gasteiger partial charge in [0.05, 0.1) is 16.4 Å². The second-order valence-corrected chi connectivity index (χ2v) is 8.69. The predicted octanol–water partition coefficient (Wildman–Crippen LogP) is 6.01. The zero-order chi connectivity index (χ0) is 23.2. The first-order valence-electron chi connectivity index (χ1n) is 9.91. The Hall–Kier alpha value is -3.83. The van der Waals surface area contributed by atoms with Crippen LogP contribution in [0.3, 0.4) is 0 Å². The first-order chi connectivity index (χ1) is 16.0. The molecule has 0 bridgehead atoms. The highest BCUT2D eigenvalue weighted by Crippen LogP contribution is 2.41. The van der Waals surface area contributed by atoms with E-state index >= 15 is 0 Å². The van der Waals surface area contributed by atoms with Gasteiger partial charge in [0.1, 0.15) is 17.2 Å². The molecule has 0 unspecified atom stereocenters. The van der Waals surface area contributed by atoms with Gasteiger partial charge in [-0.15, -0.1) is 0 Å². The number of ether oxygens (including phenoxy) is 2. The zero-order valence-corrected chi connectivity index (χ0v) is 19.0. The minimum atomic E-state index is -0.530. The molecule has 0 spiro atoms. The van der Waals surface area contributed by atoms with Crippen molar-refractivity contribution >= 4 is 38.7 Å². The summed E-state index contributed by atoms with van der Waals surface area (Å²) < 4.78 is 11.6. The highest BCUT2D eigenvalue weighted by Gasteiger charge is 2.20. The molecule has 9 nitrogen and oxygen atoms in total. The van der Waals surface area contributed by atoms with Gasteiger partial charge in [0.2, 0.25) is 5.06 Å². The summed E-state index contributed by atoms with van der Waals surface area (Å²) >= 11 is 1.96. The fourth-order valence-electron chi connectivity index (χ4n) is 2.76. The summed E-state index contributed by atoms with van der Waals surface area (Å²) in [4.78, 5) is 31.7. The van der Waals surface area contributed by atoms with Crippen molar-refractivity contribution in [2.45, 2.75) is 13.3 Å². The average molecular weight is 483 g/mol. The van der Waals surface area contributed by atoms with Crippen LogP contribution >= 0.6 is 22.7 Å². The number of nitrogens with one attached hydrogen (secondary N) is 1. The molecular formula is C22H18N4O5S2. The molecule has 0 radical (unpaired) electrons. The van der Waals surface area contributed by atoms with E-state index < -0.39 is 10.8 Å². The van der Waals surface area contributed by atoms with E-state index in [0.717, 1.165) is 40.4 Å². The first kappa shape index (κ1) is 22.4. The van der Waals surface area contributed by atoms with Crippen LogP contribution in [0, 0.1) is 10.1 Å². The number of hydrogen-bond acceptors (Lipinski definition) is 9. The maximum absolute atomic E-state index is 12.6. The lowest BCUT2D eigenvalue weighted by molar-refractivity contribution is -0.380. The number of rotatable bonds is 9. The highest BCUT2D eigenvalue weighted by atomic mass is 32.1. The third kappa shape index (κ3) is 5.51. The van der Waals surface area contributed by atoms with E-state index in [2.05, 4.69) is 15.3 Å². The molecule has 3 aromatic heterocycles. The molecule has 11 heteroatoms. The molecule has 0 fully saturated rings. The van der Waals surface area contributed by atoms with Crippen LogP contribution in [0.15, 0.2) is 60.9 Å². The number of thiazole rings is 1. The summed E-state index contributed by atoms with van der Waals surface area (Å²) in [5, 5.41) is 14.3. The van der Waals surface area contributed by atoms with Gasteiger partial charge >= 0.3 is 5.00 Å². The molecule has 1 aromatic carbocycles. The van der Waals surface area contributed by atoms with Gasteiger partial charge in [-0.05, 0) is 48.9 Å². The number of thiophene rings is 1. The lowest BCUT2D eigenvalue weighted by atomic mass is 10.1. The van der Waals surface area contributed by atoms with Gasteiger partial charge in [-0.1, -0.05) is 29.6 Å². The number of nitro groups is 1. The van der Waals surface area contributed by atoms with Crippen molar-refractivity contribution in [3.8, 4) is 27.8 Å². The van der Waals surface area contributed by atoms with Gasteiger partial charge in [0, 0.05) is 24.0 Å². The minimum Gasteiger partial charge on any atom is -0.494 e. The number of carbonyl (C=O) groups is 1. The summed E-state index contributed by atoms with van der Waals surface area (Å²) in [6.45, 7) is 2.67. The molecule has 0 aliphatic heterocycles. The normalized spacial score (nSPS) is 10.6. The Morgan fingerprint density at radius 1 is 1.06 bits per heavy atom. The smallest absolute Gasteiger partial charge is 0.324 e. The molecule has 33 heavy (non-hydrogen) atoms. The molecule has 0 atom stereocenters. The van der Waals surface area contributed by atoms with Gasteiger partial charge in [0.25, 0.3) is 5.91 Å². The number of nitrogens with zero attached hydrogens (tertiary/aromatic N) is 3. The van der Waals surface area contributed by atoms with Crippen molar-refractivity contribution < 1.29 is 19.2 Å². The molecule has 1 N–H and O–H groups in total. The Bertz CT molecular complexity index is 1260. The molecule has 168 valence electrons. The van der Waals surface area contributed by atoms with Crippen molar-refractivity contribution in [2.75, 3.05) is 11.9 Å². The number of amides is 1. The lowest BCUT2D eigenvalue weighted by Gasteiger charge is -2.07. The van der Waals surface area contributed by atoms with Crippen molar-refractivity contribution in [3.63, 3.8) is 0 Å². The molecule has 0 aliphatic rings. The van der Waals surface area contributed by atoms with Crippen molar-refractivity contribution in [1.29, 1.82) is 0 Å². The van der Waals surface area contributed by atoms with Crippen LogP contribution < -0.4 is 14.8 Å². The Morgan fingerprint density at radius 3 is 2.48 bits per heavy atom. The van der Waals surface area contributed by atoms with Gasteiger partial charge in [-0.2, -0.15) is 0 Å². The number of anilines is 1. The van der Waals surface area contributed by atoms with E-state index in [1.54, 1.807) is 24.5 Å². The number of carbonyl (C=O) groups excluding carboxylic acids is 1. The lowest BCUT2D eigenvalue weighted by Crippen LogP contribution is -2.09. The summed E-state index contributed by atoms with van der Waals surface area (Å²) in [5.41, 5.74) is 1.33. The Morgan fingerprint density at radius 2 is 1.82 bits per heavy atom. The minimum absolute atomic E-state index is 0.105. The number of aromatic nitrogens is 2. The monoisotopic (exact) mass is 482 g/mol. The Kier molecular flexibility index (Phi) is 6.91. The standard InChI is InChI=1S/C22H18N4O5S2/c1-2-13-30-15-5-3-14(4-6-15)19-21(31-16-9-11-23-12-10-16)33-22(24-19)25-20(27)17-7-8-18(32-17)26(28)29/h3-12H,2,13H2,1H3,(H,24,25,27). The molecule has 0 saturated carbocycles. The number of pyridine rings is 1. The second-order valence-electron chi connectivity index (χ2n) is 6.66. The summed E-state index contributed by atoms with van der Waals surface area (Å²) in [6.07, 6.45) is 4.14. The maximum atomic E-state index is 12.6. The number of hydrogen-bond donors (Lipinski definition) is 1. The van der Waals surface area contributed by atoms with Crippen LogP contribution in [0.2, 0.25) is 0 Å². The van der Waals surface area contributed by atoms with E-state index in [-0.39, 0.29) is 9.88 Å². The molecule has 3 heterocycles. The molecule has 0 saturated heterocycles. The van der Waals surface area contributed by atoms with Gasteiger partial charge in [-0.25, -0.2) is 4.98 Å². The quantitative estimate of drug-likeness (QED) is 0.229. The third-order valence-corrected chi connectivity index (χ3v) is 6.16. The van der Waals surface area contributed by atoms with Crippen molar-refractivity contribution in [1.82, 2.24) is 9.97 Å². The average Bonchev–Trinajstić information content (AvgIpc) is 3.47. The predicted molar refractivity (Wildman–Crippen MR) is 127 cm³/mol. The van der Waals surface area contributed by atoms with Crippen LogP contribution in [0.5, 0.6) is 16.6 Å². The van der Waals surface area contributed by atoms with Crippen molar-refractivity contribution in [2.24, 2.45) is 0 Å². The second kappa shape index (κ2) is 10.2. The van der Waals surface area contributed by atoms with Crippen LogP contribution in [0.4, 0.5) is 10.1 Å². The summed E-state index contributed by atoms with van der Waals surface area (Å²) in [7, 11) is 0. The molecule has 4 aromatic rings. The Labute approximate surface area is 196 Å². The van der Waals surface area contributed by atoms with E-state index in [1.165, 1.54) is 12.1 Å². The highest BCUT2D eigenvalue weighted by molar-refractivity contribution is 7.19. The van der Waals surface area contributed by atoms with Crippen LogP contribution in [-0.2, 0) is 0 Å².